The summed E-state index contributed by atoms with van der Waals surface area (Å²) >= 11 is 0. The molecule has 0 amide bonds. The summed E-state index contributed by atoms with van der Waals surface area (Å²) in [4.78, 5) is 15.5. The van der Waals surface area contributed by atoms with Gasteiger partial charge in [-0.05, 0) is 37.1 Å². The van der Waals surface area contributed by atoms with E-state index in [1.165, 1.54) is 5.56 Å². The molecule has 3 aromatic heterocycles. The van der Waals surface area contributed by atoms with Gasteiger partial charge in [-0.2, -0.15) is 4.98 Å². The highest BCUT2D eigenvalue weighted by Crippen LogP contribution is 2.33. The molecule has 1 fully saturated rings. The smallest absolute Gasteiger partial charge is 0.244 e. The van der Waals surface area contributed by atoms with Crippen LogP contribution in [0.5, 0.6) is 5.75 Å². The van der Waals surface area contributed by atoms with Crippen molar-refractivity contribution in [2.45, 2.75) is 25.4 Å². The maximum atomic E-state index is 5.63. The molecule has 0 bridgehead atoms. The van der Waals surface area contributed by atoms with E-state index in [9.17, 15) is 0 Å². The van der Waals surface area contributed by atoms with Crippen molar-refractivity contribution < 1.29 is 14.0 Å². The summed E-state index contributed by atoms with van der Waals surface area (Å²) in [5.41, 5.74) is 1.80. The third kappa shape index (κ3) is 4.35. The molecule has 0 radical (unpaired) electrons. The minimum Gasteiger partial charge on any atom is -0.491 e. The fourth-order valence-corrected chi connectivity index (χ4v) is 3.36. The molecular weight excluding hydrogens is 358 g/mol. The SMILES string of the molecule is COCCOc1ccnc(-c2noc(C3CCCN3Cc3cccnc3)n2)c1. The van der Waals surface area contributed by atoms with Crippen LogP contribution in [0, 0.1) is 0 Å². The van der Waals surface area contributed by atoms with Crippen LogP contribution < -0.4 is 4.74 Å². The molecule has 1 atom stereocenters. The molecule has 1 unspecified atom stereocenters. The first-order valence-corrected chi connectivity index (χ1v) is 9.38. The van der Waals surface area contributed by atoms with Crippen molar-refractivity contribution in [1.82, 2.24) is 25.0 Å². The number of ether oxygens (including phenoxy) is 2. The first kappa shape index (κ1) is 18.5. The molecule has 0 aromatic carbocycles. The number of pyridine rings is 2. The van der Waals surface area contributed by atoms with E-state index >= 15 is 0 Å². The van der Waals surface area contributed by atoms with Crippen LogP contribution in [0.25, 0.3) is 11.5 Å². The zero-order valence-electron chi connectivity index (χ0n) is 15.8. The van der Waals surface area contributed by atoms with Gasteiger partial charge in [0.1, 0.15) is 18.1 Å². The zero-order chi connectivity index (χ0) is 19.2. The Morgan fingerprint density at radius 3 is 3.07 bits per heavy atom. The van der Waals surface area contributed by atoms with Crippen molar-refractivity contribution >= 4 is 0 Å². The van der Waals surface area contributed by atoms with Gasteiger partial charge in [-0.25, -0.2) is 0 Å². The highest BCUT2D eigenvalue weighted by Gasteiger charge is 2.31. The minimum absolute atomic E-state index is 0.114. The number of methoxy groups -OCH3 is 1. The second-order valence-corrected chi connectivity index (χ2v) is 6.66. The second kappa shape index (κ2) is 8.90. The molecule has 4 rings (SSSR count). The van der Waals surface area contributed by atoms with Crippen LogP contribution in [0.15, 0.2) is 47.4 Å². The first-order chi connectivity index (χ1) is 13.8. The van der Waals surface area contributed by atoms with Crippen molar-refractivity contribution in [3.05, 3.63) is 54.3 Å². The van der Waals surface area contributed by atoms with Crippen LogP contribution in [-0.4, -0.2) is 51.9 Å². The summed E-state index contributed by atoms with van der Waals surface area (Å²) in [6.07, 6.45) is 7.46. The Hall–Kier alpha value is -2.84. The first-order valence-electron chi connectivity index (χ1n) is 9.38. The Morgan fingerprint density at radius 1 is 1.25 bits per heavy atom. The van der Waals surface area contributed by atoms with Gasteiger partial charge in [0.2, 0.25) is 11.7 Å². The molecule has 146 valence electrons. The number of nitrogens with zero attached hydrogens (tertiary/aromatic N) is 5. The van der Waals surface area contributed by atoms with Crippen molar-refractivity contribution in [2.24, 2.45) is 0 Å². The Morgan fingerprint density at radius 2 is 2.21 bits per heavy atom. The van der Waals surface area contributed by atoms with E-state index in [0.717, 1.165) is 25.9 Å². The van der Waals surface area contributed by atoms with Crippen molar-refractivity contribution in [2.75, 3.05) is 26.9 Å². The molecule has 0 saturated carbocycles. The van der Waals surface area contributed by atoms with Gasteiger partial charge in [-0.15, -0.1) is 0 Å². The Kier molecular flexibility index (Phi) is 5.89. The van der Waals surface area contributed by atoms with Gasteiger partial charge in [-0.1, -0.05) is 11.2 Å². The molecule has 8 nitrogen and oxygen atoms in total. The average molecular weight is 381 g/mol. The quantitative estimate of drug-likeness (QED) is 0.551. The number of hydrogen-bond donors (Lipinski definition) is 0. The van der Waals surface area contributed by atoms with Crippen LogP contribution in [0.4, 0.5) is 0 Å². The average Bonchev–Trinajstić information content (AvgIpc) is 3.39. The fraction of sp³-hybridized carbons (Fsp3) is 0.400. The maximum absolute atomic E-state index is 5.63. The lowest BCUT2D eigenvalue weighted by Crippen LogP contribution is -2.23. The largest absolute Gasteiger partial charge is 0.491 e. The van der Waals surface area contributed by atoms with E-state index in [4.69, 9.17) is 14.0 Å². The van der Waals surface area contributed by atoms with Crippen LogP contribution in [-0.2, 0) is 11.3 Å². The topological polar surface area (TPSA) is 86.4 Å². The molecule has 1 saturated heterocycles. The van der Waals surface area contributed by atoms with Crippen molar-refractivity contribution in [1.29, 1.82) is 0 Å². The van der Waals surface area contributed by atoms with Gasteiger partial charge in [0.05, 0.1) is 12.6 Å². The molecule has 1 aliphatic rings. The minimum atomic E-state index is 0.114. The molecule has 0 N–H and O–H groups in total. The fourth-order valence-electron chi connectivity index (χ4n) is 3.36. The lowest BCUT2D eigenvalue weighted by Gasteiger charge is -2.21. The monoisotopic (exact) mass is 381 g/mol. The predicted octanol–water partition coefficient (Wildman–Crippen LogP) is 2.89. The Labute approximate surface area is 163 Å². The Balaban J connectivity index is 1.47. The highest BCUT2D eigenvalue weighted by atomic mass is 16.5. The second-order valence-electron chi connectivity index (χ2n) is 6.66. The van der Waals surface area contributed by atoms with Crippen LogP contribution in [0.1, 0.15) is 30.3 Å². The van der Waals surface area contributed by atoms with E-state index in [2.05, 4.69) is 31.1 Å². The van der Waals surface area contributed by atoms with Gasteiger partial charge in [0.15, 0.2) is 0 Å². The molecular formula is C20H23N5O3. The summed E-state index contributed by atoms with van der Waals surface area (Å²) in [6.45, 7) is 2.82. The number of likely N-dealkylation sites (tertiary alicyclic amines) is 1. The van der Waals surface area contributed by atoms with Crippen LogP contribution >= 0.6 is 0 Å². The van der Waals surface area contributed by atoms with Crippen LogP contribution in [0.2, 0.25) is 0 Å². The molecule has 4 heterocycles. The maximum Gasteiger partial charge on any atom is 0.244 e. The summed E-state index contributed by atoms with van der Waals surface area (Å²) < 4.78 is 16.2. The normalized spacial score (nSPS) is 17.1. The van der Waals surface area contributed by atoms with E-state index in [1.54, 1.807) is 25.6 Å². The number of aromatic nitrogens is 4. The van der Waals surface area contributed by atoms with Gasteiger partial charge < -0.3 is 14.0 Å². The molecule has 8 heteroatoms. The van der Waals surface area contributed by atoms with Gasteiger partial charge >= 0.3 is 0 Å². The highest BCUT2D eigenvalue weighted by molar-refractivity contribution is 5.50. The number of rotatable bonds is 8. The summed E-state index contributed by atoms with van der Waals surface area (Å²) in [6, 6.07) is 7.76. The molecule has 0 spiro atoms. The summed E-state index contributed by atoms with van der Waals surface area (Å²) in [5.74, 6) is 1.80. The molecule has 28 heavy (non-hydrogen) atoms. The summed E-state index contributed by atoms with van der Waals surface area (Å²) in [5, 5.41) is 4.14. The van der Waals surface area contributed by atoms with Crippen molar-refractivity contribution in [3.8, 4) is 17.3 Å². The van der Waals surface area contributed by atoms with Crippen molar-refractivity contribution in [3.63, 3.8) is 0 Å². The lowest BCUT2D eigenvalue weighted by atomic mass is 10.2. The van der Waals surface area contributed by atoms with Gasteiger partial charge in [-0.3, -0.25) is 14.9 Å². The van der Waals surface area contributed by atoms with Gasteiger partial charge in [0, 0.05) is 38.3 Å². The lowest BCUT2D eigenvalue weighted by molar-refractivity contribution is 0.146. The zero-order valence-corrected chi connectivity index (χ0v) is 15.8. The number of hydrogen-bond acceptors (Lipinski definition) is 8. The van der Waals surface area contributed by atoms with Gasteiger partial charge in [0.25, 0.3) is 0 Å². The standard InChI is InChI=1S/C20H23N5O3/c1-26-10-11-27-16-6-8-22-17(12-16)19-23-20(28-24-19)18-5-3-9-25(18)14-15-4-2-7-21-13-15/h2,4,6-8,12-13,18H,3,5,9-11,14H2,1H3. The van der Waals surface area contributed by atoms with Crippen LogP contribution in [0.3, 0.4) is 0 Å². The van der Waals surface area contributed by atoms with E-state index in [1.807, 2.05) is 18.3 Å². The molecule has 0 aliphatic carbocycles. The molecule has 3 aromatic rings. The third-order valence-corrected chi connectivity index (χ3v) is 4.72. The van der Waals surface area contributed by atoms with E-state index < -0.39 is 0 Å². The Bertz CT molecular complexity index is 886. The van der Waals surface area contributed by atoms with E-state index in [0.29, 0.717) is 36.4 Å². The molecule has 1 aliphatic heterocycles. The predicted molar refractivity (Wildman–Crippen MR) is 102 cm³/mol. The third-order valence-electron chi connectivity index (χ3n) is 4.72. The van der Waals surface area contributed by atoms with E-state index in [-0.39, 0.29) is 6.04 Å². The summed E-state index contributed by atoms with van der Waals surface area (Å²) in [7, 11) is 1.64.